The predicted molar refractivity (Wildman–Crippen MR) is 96.0 cm³/mol. The molecule has 2 rings (SSSR count). The van der Waals surface area contributed by atoms with Gasteiger partial charge in [-0.25, -0.2) is 0 Å². The van der Waals surface area contributed by atoms with Gasteiger partial charge < -0.3 is 19.2 Å². The molecule has 1 N–H and O–H groups in total. The normalized spacial score (nSPS) is 10.7. The molecule has 1 aromatic heterocycles. The van der Waals surface area contributed by atoms with E-state index in [4.69, 9.17) is 13.9 Å². The molecular weight excluding hydrogens is 326 g/mol. The summed E-state index contributed by atoms with van der Waals surface area (Å²) in [6.45, 7) is 4.48. The number of benzene rings is 1. The van der Waals surface area contributed by atoms with Gasteiger partial charge in [0.1, 0.15) is 5.76 Å². The number of carbonyl (C=O) groups excluding carboxylic acids is 1. The minimum absolute atomic E-state index is 0.0461. The van der Waals surface area contributed by atoms with Crippen molar-refractivity contribution in [3.05, 3.63) is 47.9 Å². The molecule has 5 nitrogen and oxygen atoms in total. The molecule has 0 saturated heterocycles. The summed E-state index contributed by atoms with van der Waals surface area (Å²) in [6.07, 6.45) is 1.71. The standard InChI is InChI=1S/C18H23NO4S/c1-13(2)23-16-7-6-14(11-17(16)21-3)18(20)19-8-10-24-12-15-5-4-9-22-15/h4-7,9,11,13H,8,10,12H2,1-3H3,(H,19,20). The number of methoxy groups -OCH3 is 1. The number of furan rings is 1. The summed E-state index contributed by atoms with van der Waals surface area (Å²) < 4.78 is 16.2. The highest BCUT2D eigenvalue weighted by atomic mass is 32.2. The van der Waals surface area contributed by atoms with E-state index in [-0.39, 0.29) is 12.0 Å². The molecule has 0 aliphatic rings. The molecule has 1 amide bonds. The van der Waals surface area contributed by atoms with Gasteiger partial charge in [-0.3, -0.25) is 4.79 Å². The van der Waals surface area contributed by atoms with Gasteiger partial charge in [-0.15, -0.1) is 0 Å². The average molecular weight is 349 g/mol. The Morgan fingerprint density at radius 2 is 2.12 bits per heavy atom. The van der Waals surface area contributed by atoms with E-state index in [2.05, 4.69) is 5.32 Å². The number of hydrogen-bond donors (Lipinski definition) is 1. The summed E-state index contributed by atoms with van der Waals surface area (Å²) in [5.41, 5.74) is 0.555. The maximum Gasteiger partial charge on any atom is 0.251 e. The maximum atomic E-state index is 12.2. The van der Waals surface area contributed by atoms with Gasteiger partial charge in [0.25, 0.3) is 5.91 Å². The van der Waals surface area contributed by atoms with E-state index >= 15 is 0 Å². The van der Waals surface area contributed by atoms with Crippen LogP contribution in [0.4, 0.5) is 0 Å². The van der Waals surface area contributed by atoms with Crippen LogP contribution in [0.5, 0.6) is 11.5 Å². The van der Waals surface area contributed by atoms with Crippen LogP contribution in [0, 0.1) is 0 Å². The Morgan fingerprint density at radius 3 is 2.79 bits per heavy atom. The van der Waals surface area contributed by atoms with Crippen molar-refractivity contribution in [2.45, 2.75) is 25.7 Å². The molecule has 24 heavy (non-hydrogen) atoms. The molecule has 0 saturated carbocycles. The van der Waals surface area contributed by atoms with Gasteiger partial charge in [0.2, 0.25) is 0 Å². The van der Waals surface area contributed by atoms with Crippen molar-refractivity contribution < 1.29 is 18.7 Å². The highest BCUT2D eigenvalue weighted by Gasteiger charge is 2.11. The first kappa shape index (κ1) is 18.3. The molecule has 6 heteroatoms. The Balaban J connectivity index is 1.81. The number of ether oxygens (including phenoxy) is 2. The minimum Gasteiger partial charge on any atom is -0.493 e. The zero-order chi connectivity index (χ0) is 17.4. The summed E-state index contributed by atoms with van der Waals surface area (Å²) in [7, 11) is 1.56. The van der Waals surface area contributed by atoms with Crippen LogP contribution < -0.4 is 14.8 Å². The Labute approximate surface area is 146 Å². The molecule has 0 radical (unpaired) electrons. The number of nitrogens with one attached hydrogen (secondary N) is 1. The molecule has 0 unspecified atom stereocenters. The van der Waals surface area contributed by atoms with E-state index in [1.165, 1.54) is 0 Å². The first-order chi connectivity index (χ1) is 11.6. The summed E-state index contributed by atoms with van der Waals surface area (Å²) in [5.74, 6) is 3.64. The quantitative estimate of drug-likeness (QED) is 0.699. The molecule has 0 bridgehead atoms. The van der Waals surface area contributed by atoms with Crippen molar-refractivity contribution in [2.24, 2.45) is 0 Å². The molecule has 0 aliphatic carbocycles. The molecule has 1 aromatic carbocycles. The molecule has 2 aromatic rings. The zero-order valence-corrected chi connectivity index (χ0v) is 15.0. The van der Waals surface area contributed by atoms with Crippen molar-refractivity contribution >= 4 is 17.7 Å². The van der Waals surface area contributed by atoms with Crippen LogP contribution in [0.2, 0.25) is 0 Å². The second-order valence-electron chi connectivity index (χ2n) is 5.42. The lowest BCUT2D eigenvalue weighted by Gasteiger charge is -2.14. The molecule has 0 spiro atoms. The van der Waals surface area contributed by atoms with Crippen LogP contribution in [-0.4, -0.2) is 31.4 Å². The van der Waals surface area contributed by atoms with E-state index in [0.29, 0.717) is 23.6 Å². The summed E-state index contributed by atoms with van der Waals surface area (Å²) >= 11 is 1.71. The predicted octanol–water partition coefficient (Wildman–Crippen LogP) is 3.74. The average Bonchev–Trinajstić information content (AvgIpc) is 3.07. The number of amides is 1. The molecular formula is C18H23NO4S. The van der Waals surface area contributed by atoms with Crippen LogP contribution >= 0.6 is 11.8 Å². The number of thioether (sulfide) groups is 1. The molecule has 0 aliphatic heterocycles. The van der Waals surface area contributed by atoms with E-state index in [1.54, 1.807) is 43.3 Å². The molecule has 130 valence electrons. The third-order valence-corrected chi connectivity index (χ3v) is 4.13. The Bertz CT molecular complexity index is 640. The Hall–Kier alpha value is -2.08. The Kier molecular flexibility index (Phi) is 7.06. The van der Waals surface area contributed by atoms with Gasteiger partial charge >= 0.3 is 0 Å². The topological polar surface area (TPSA) is 60.7 Å². The van der Waals surface area contributed by atoms with Gasteiger partial charge in [-0.1, -0.05) is 0 Å². The van der Waals surface area contributed by atoms with E-state index < -0.39 is 0 Å². The summed E-state index contributed by atoms with van der Waals surface area (Å²) in [6, 6.07) is 9.02. The van der Waals surface area contributed by atoms with Crippen molar-refractivity contribution in [2.75, 3.05) is 19.4 Å². The lowest BCUT2D eigenvalue weighted by molar-refractivity contribution is 0.0955. The fourth-order valence-electron chi connectivity index (χ4n) is 2.07. The van der Waals surface area contributed by atoms with Gasteiger partial charge in [0.15, 0.2) is 11.5 Å². The van der Waals surface area contributed by atoms with E-state index in [0.717, 1.165) is 17.3 Å². The van der Waals surface area contributed by atoms with Gasteiger partial charge in [-0.05, 0) is 44.2 Å². The van der Waals surface area contributed by atoms with Crippen LogP contribution in [0.15, 0.2) is 41.0 Å². The van der Waals surface area contributed by atoms with E-state index in [9.17, 15) is 4.79 Å². The first-order valence-electron chi connectivity index (χ1n) is 7.83. The highest BCUT2D eigenvalue weighted by Crippen LogP contribution is 2.28. The van der Waals surface area contributed by atoms with Crippen molar-refractivity contribution in [3.63, 3.8) is 0 Å². The lowest BCUT2D eigenvalue weighted by atomic mass is 10.2. The van der Waals surface area contributed by atoms with Crippen molar-refractivity contribution in [1.82, 2.24) is 5.32 Å². The smallest absolute Gasteiger partial charge is 0.251 e. The lowest BCUT2D eigenvalue weighted by Crippen LogP contribution is -2.25. The maximum absolute atomic E-state index is 12.2. The third-order valence-electron chi connectivity index (χ3n) is 3.14. The number of carbonyl (C=O) groups is 1. The van der Waals surface area contributed by atoms with Crippen LogP contribution in [0.1, 0.15) is 30.0 Å². The zero-order valence-electron chi connectivity index (χ0n) is 14.2. The van der Waals surface area contributed by atoms with Gasteiger partial charge in [0.05, 0.1) is 25.2 Å². The number of hydrogen-bond acceptors (Lipinski definition) is 5. The van der Waals surface area contributed by atoms with Crippen molar-refractivity contribution in [3.8, 4) is 11.5 Å². The second-order valence-corrected chi connectivity index (χ2v) is 6.53. The monoisotopic (exact) mass is 349 g/mol. The van der Waals surface area contributed by atoms with Gasteiger partial charge in [-0.2, -0.15) is 11.8 Å². The summed E-state index contributed by atoms with van der Waals surface area (Å²) in [4.78, 5) is 12.2. The van der Waals surface area contributed by atoms with E-state index in [1.807, 2.05) is 26.0 Å². The SMILES string of the molecule is COc1cc(C(=O)NCCSCc2ccco2)ccc1OC(C)C. The second kappa shape index (κ2) is 9.27. The fraction of sp³-hybridized carbons (Fsp3) is 0.389. The van der Waals surface area contributed by atoms with Crippen molar-refractivity contribution in [1.29, 1.82) is 0 Å². The van der Waals surface area contributed by atoms with Crippen LogP contribution in [-0.2, 0) is 5.75 Å². The number of rotatable bonds is 9. The molecule has 0 atom stereocenters. The highest BCUT2D eigenvalue weighted by molar-refractivity contribution is 7.98. The minimum atomic E-state index is -0.122. The summed E-state index contributed by atoms with van der Waals surface area (Å²) in [5, 5.41) is 2.90. The largest absolute Gasteiger partial charge is 0.493 e. The first-order valence-corrected chi connectivity index (χ1v) is 8.98. The molecule has 1 heterocycles. The van der Waals surface area contributed by atoms with Crippen LogP contribution in [0.25, 0.3) is 0 Å². The van der Waals surface area contributed by atoms with Crippen LogP contribution in [0.3, 0.4) is 0 Å². The van der Waals surface area contributed by atoms with Gasteiger partial charge in [0, 0.05) is 17.9 Å². The molecule has 0 fully saturated rings. The third kappa shape index (κ3) is 5.53. The fourth-order valence-corrected chi connectivity index (χ4v) is 2.82. The Morgan fingerprint density at radius 1 is 1.29 bits per heavy atom.